The van der Waals surface area contributed by atoms with Crippen molar-refractivity contribution in [1.82, 2.24) is 8.61 Å². The molecule has 8 heteroatoms. The zero-order valence-corrected chi connectivity index (χ0v) is 18.8. The Morgan fingerprint density at radius 3 is 0.920 bits per heavy atom. The molecule has 25 heavy (non-hydrogen) atoms. The number of sulfonamides is 2. The monoisotopic (exact) mass is 398 g/mol. The molecule has 0 aliphatic carbocycles. The van der Waals surface area contributed by atoms with Gasteiger partial charge in [-0.2, -0.15) is 8.61 Å². The molecule has 4 atom stereocenters. The molecule has 0 fully saturated rings. The highest BCUT2D eigenvalue weighted by Gasteiger charge is 2.39. The van der Waals surface area contributed by atoms with E-state index < -0.39 is 25.1 Å². The number of rotatable bonds is 12. The summed E-state index contributed by atoms with van der Waals surface area (Å²) in [5.41, 5.74) is 0. The van der Waals surface area contributed by atoms with Crippen LogP contribution in [-0.4, -0.2) is 54.7 Å². The Morgan fingerprint density at radius 1 is 0.560 bits per heavy atom. The van der Waals surface area contributed by atoms with Crippen LogP contribution in [0.3, 0.4) is 0 Å². The molecule has 0 aliphatic heterocycles. The quantitative estimate of drug-likeness (QED) is 0.505. The highest BCUT2D eigenvalue weighted by Crippen LogP contribution is 2.23. The Balaban J connectivity index is 5.87. The fraction of sp³-hybridized carbons (Fsp3) is 1.00. The Morgan fingerprint density at radius 2 is 0.760 bits per heavy atom. The van der Waals surface area contributed by atoms with Crippen LogP contribution in [0, 0.1) is 0 Å². The van der Waals surface area contributed by atoms with Crippen LogP contribution in [0.15, 0.2) is 0 Å². The molecule has 0 heterocycles. The minimum Gasteiger partial charge on any atom is -0.211 e. The van der Waals surface area contributed by atoms with Gasteiger partial charge in [-0.15, -0.1) is 0 Å². The van der Waals surface area contributed by atoms with Crippen molar-refractivity contribution < 1.29 is 16.8 Å². The second-order valence-electron chi connectivity index (χ2n) is 7.03. The Hall–Kier alpha value is -0.180. The predicted molar refractivity (Wildman–Crippen MR) is 105 cm³/mol. The van der Waals surface area contributed by atoms with E-state index in [0.717, 1.165) is 0 Å². The molecule has 0 aromatic heterocycles. The summed E-state index contributed by atoms with van der Waals surface area (Å²) in [4.78, 5) is 0. The Labute approximate surface area is 156 Å². The van der Waals surface area contributed by atoms with Crippen LogP contribution < -0.4 is 0 Å². The van der Waals surface area contributed by atoms with E-state index in [1.807, 2.05) is 55.4 Å². The van der Waals surface area contributed by atoms with Crippen LogP contribution in [-0.2, 0) is 20.0 Å². The Bertz CT molecular complexity index is 518. The fourth-order valence-electron chi connectivity index (χ4n) is 3.00. The summed E-state index contributed by atoms with van der Waals surface area (Å²) in [5, 5.41) is -0.858. The highest BCUT2D eigenvalue weighted by atomic mass is 32.3. The van der Waals surface area contributed by atoms with Crippen molar-refractivity contribution in [3.8, 4) is 0 Å². The summed E-state index contributed by atoms with van der Waals surface area (Å²) >= 11 is 0. The summed E-state index contributed by atoms with van der Waals surface area (Å²) in [7, 11) is -7.86. The van der Waals surface area contributed by atoms with Gasteiger partial charge in [0.05, 0.1) is 0 Å². The Kier molecular flexibility index (Phi) is 10.2. The van der Waals surface area contributed by atoms with Crippen molar-refractivity contribution >= 4 is 20.0 Å². The van der Waals surface area contributed by atoms with Crippen molar-refractivity contribution in [3.05, 3.63) is 0 Å². The van der Waals surface area contributed by atoms with E-state index in [1.165, 1.54) is 8.61 Å². The van der Waals surface area contributed by atoms with E-state index >= 15 is 0 Å². The molecule has 4 unspecified atom stereocenters. The van der Waals surface area contributed by atoms with Crippen LogP contribution in [0.4, 0.5) is 0 Å². The highest BCUT2D eigenvalue weighted by molar-refractivity contribution is 8.05. The molecule has 0 saturated carbocycles. The number of hydrogen-bond acceptors (Lipinski definition) is 4. The molecule has 0 radical (unpaired) electrons. The molecule has 6 nitrogen and oxygen atoms in total. The van der Waals surface area contributed by atoms with Crippen LogP contribution >= 0.6 is 0 Å². The van der Waals surface area contributed by atoms with Gasteiger partial charge < -0.3 is 0 Å². The third-order valence-electron chi connectivity index (χ3n) is 5.04. The van der Waals surface area contributed by atoms with E-state index in [0.29, 0.717) is 25.7 Å². The largest absolute Gasteiger partial charge is 0.230 e. The average molecular weight is 399 g/mol. The molecule has 0 amide bonds. The molecule has 0 aromatic rings. The van der Waals surface area contributed by atoms with Gasteiger partial charge in [0.15, 0.2) is 5.08 Å². The lowest BCUT2D eigenvalue weighted by Gasteiger charge is -2.36. The average Bonchev–Trinajstić information content (AvgIpc) is 2.52. The first-order chi connectivity index (χ1) is 11.4. The van der Waals surface area contributed by atoms with E-state index in [2.05, 4.69) is 0 Å². The zero-order chi connectivity index (χ0) is 20.0. The van der Waals surface area contributed by atoms with Crippen molar-refractivity contribution in [3.63, 3.8) is 0 Å². The van der Waals surface area contributed by atoms with Gasteiger partial charge in [-0.25, -0.2) is 16.8 Å². The predicted octanol–water partition coefficient (Wildman–Crippen LogP) is 3.40. The first-order valence-corrected chi connectivity index (χ1v) is 12.6. The van der Waals surface area contributed by atoms with Gasteiger partial charge in [0, 0.05) is 24.2 Å². The smallest absolute Gasteiger partial charge is 0.211 e. The van der Waals surface area contributed by atoms with Crippen molar-refractivity contribution in [2.24, 2.45) is 0 Å². The van der Waals surface area contributed by atoms with Crippen molar-refractivity contribution in [2.45, 2.75) is 105 Å². The molecule has 0 rings (SSSR count). The van der Waals surface area contributed by atoms with E-state index in [9.17, 15) is 16.8 Å². The van der Waals surface area contributed by atoms with Gasteiger partial charge in [0.1, 0.15) is 0 Å². The number of nitrogens with zero attached hydrogens (tertiary/aromatic N) is 2. The first kappa shape index (κ1) is 24.8. The summed E-state index contributed by atoms with van der Waals surface area (Å²) in [6.07, 6.45) is 2.57. The maximum absolute atomic E-state index is 13.0. The zero-order valence-electron chi connectivity index (χ0n) is 17.2. The van der Waals surface area contributed by atoms with Crippen LogP contribution in [0.2, 0.25) is 0 Å². The third kappa shape index (κ3) is 6.48. The standard InChI is InChI=1S/C17H38N2O4S2/c1-9-14(5)18(15(6)10-2)24(20,21)13-25(22,23)19(16(7)11-3)17(8)12-4/h14-17H,9-13H2,1-8H3. The summed E-state index contributed by atoms with van der Waals surface area (Å²) in [6.45, 7) is 15.0. The van der Waals surface area contributed by atoms with Crippen LogP contribution in [0.5, 0.6) is 0 Å². The number of hydrogen-bond donors (Lipinski definition) is 0. The molecule has 0 bridgehead atoms. The normalized spacial score (nSPS) is 18.3. The minimum absolute atomic E-state index is 0.226. The lowest BCUT2D eigenvalue weighted by Crippen LogP contribution is -2.51. The molecule has 152 valence electrons. The molecular formula is C17H38N2O4S2. The molecule has 0 aliphatic rings. The SMILES string of the molecule is CCC(C)N(C(C)CC)S(=O)(=O)CS(=O)(=O)N(C(C)CC)C(C)CC. The summed E-state index contributed by atoms with van der Waals surface area (Å²) in [6, 6.07) is -0.904. The van der Waals surface area contributed by atoms with E-state index in [-0.39, 0.29) is 24.2 Å². The second-order valence-corrected chi connectivity index (χ2v) is 11.1. The second kappa shape index (κ2) is 10.2. The summed E-state index contributed by atoms with van der Waals surface area (Å²) < 4.78 is 54.7. The van der Waals surface area contributed by atoms with Gasteiger partial charge >= 0.3 is 0 Å². The fourth-order valence-corrected chi connectivity index (χ4v) is 8.26. The van der Waals surface area contributed by atoms with Gasteiger partial charge in [-0.1, -0.05) is 27.7 Å². The van der Waals surface area contributed by atoms with Crippen LogP contribution in [0.25, 0.3) is 0 Å². The summed E-state index contributed by atoms with van der Waals surface area (Å²) in [5.74, 6) is 0. The molecule has 0 saturated heterocycles. The molecular weight excluding hydrogens is 360 g/mol. The van der Waals surface area contributed by atoms with Gasteiger partial charge in [-0.3, -0.25) is 0 Å². The van der Waals surface area contributed by atoms with Gasteiger partial charge in [-0.05, 0) is 53.4 Å². The lowest BCUT2D eigenvalue weighted by atomic mass is 10.2. The molecule has 0 spiro atoms. The lowest BCUT2D eigenvalue weighted by molar-refractivity contribution is 0.258. The van der Waals surface area contributed by atoms with E-state index in [1.54, 1.807) is 0 Å². The molecule has 0 N–H and O–H groups in total. The topological polar surface area (TPSA) is 74.8 Å². The maximum Gasteiger partial charge on any atom is 0.230 e. The van der Waals surface area contributed by atoms with Gasteiger partial charge in [0.25, 0.3) is 0 Å². The maximum atomic E-state index is 13.0. The minimum atomic E-state index is -3.93. The van der Waals surface area contributed by atoms with Gasteiger partial charge in [0.2, 0.25) is 20.0 Å². The van der Waals surface area contributed by atoms with E-state index in [4.69, 9.17) is 0 Å². The molecule has 0 aromatic carbocycles. The van der Waals surface area contributed by atoms with Crippen LogP contribution in [0.1, 0.15) is 81.1 Å². The third-order valence-corrected chi connectivity index (χ3v) is 10.1. The van der Waals surface area contributed by atoms with Crippen molar-refractivity contribution in [2.75, 3.05) is 5.08 Å². The first-order valence-electron chi connectivity index (χ1n) is 9.41. The van der Waals surface area contributed by atoms with Crippen molar-refractivity contribution in [1.29, 1.82) is 0 Å².